The van der Waals surface area contributed by atoms with E-state index in [2.05, 4.69) is 24.0 Å². The van der Waals surface area contributed by atoms with Crippen LogP contribution >= 0.6 is 0 Å². The highest BCUT2D eigenvalue weighted by atomic mass is 15.1. The Morgan fingerprint density at radius 2 is 2.00 bits per heavy atom. The van der Waals surface area contributed by atoms with Gasteiger partial charge in [-0.2, -0.15) is 5.10 Å². The van der Waals surface area contributed by atoms with Crippen LogP contribution in [0, 0.1) is 5.92 Å². The molecule has 1 aromatic heterocycles. The van der Waals surface area contributed by atoms with Crippen LogP contribution in [0.5, 0.6) is 0 Å². The molecular formula is C11H19N3. The lowest BCUT2D eigenvalue weighted by Crippen LogP contribution is -2.19. The van der Waals surface area contributed by atoms with E-state index in [0.29, 0.717) is 5.92 Å². The largest absolute Gasteiger partial charge is 0.322 e. The number of nitrogens with zero attached hydrogens (tertiary/aromatic N) is 1. The SMILES string of the molecule is CC(C)[C@H](N)c1n[nH]c2c1CCCC2. The summed E-state index contributed by atoms with van der Waals surface area (Å²) >= 11 is 0. The fourth-order valence-electron chi connectivity index (χ4n) is 2.10. The monoisotopic (exact) mass is 193 g/mol. The van der Waals surface area contributed by atoms with Crippen molar-refractivity contribution in [2.75, 3.05) is 0 Å². The summed E-state index contributed by atoms with van der Waals surface area (Å²) in [5.74, 6) is 0.462. The molecule has 78 valence electrons. The molecule has 0 spiro atoms. The maximum atomic E-state index is 6.12. The quantitative estimate of drug-likeness (QED) is 0.754. The molecule has 3 N–H and O–H groups in total. The van der Waals surface area contributed by atoms with Gasteiger partial charge in [-0.3, -0.25) is 5.10 Å². The number of hydrogen-bond acceptors (Lipinski definition) is 2. The maximum Gasteiger partial charge on any atom is 0.0826 e. The molecule has 1 atom stereocenters. The lowest BCUT2D eigenvalue weighted by molar-refractivity contribution is 0.497. The molecule has 0 aliphatic heterocycles. The van der Waals surface area contributed by atoms with Gasteiger partial charge in [-0.1, -0.05) is 13.8 Å². The van der Waals surface area contributed by atoms with E-state index in [4.69, 9.17) is 5.73 Å². The number of aromatic nitrogens is 2. The third kappa shape index (κ3) is 1.57. The fraction of sp³-hybridized carbons (Fsp3) is 0.727. The zero-order valence-corrected chi connectivity index (χ0v) is 9.01. The maximum absolute atomic E-state index is 6.12. The van der Waals surface area contributed by atoms with Crippen LogP contribution in [-0.2, 0) is 12.8 Å². The van der Waals surface area contributed by atoms with Gasteiger partial charge in [-0.15, -0.1) is 0 Å². The van der Waals surface area contributed by atoms with Crippen molar-refractivity contribution in [3.63, 3.8) is 0 Å². The molecule has 0 aromatic carbocycles. The van der Waals surface area contributed by atoms with Gasteiger partial charge in [0.25, 0.3) is 0 Å². The summed E-state index contributed by atoms with van der Waals surface area (Å²) in [4.78, 5) is 0. The molecule has 14 heavy (non-hydrogen) atoms. The van der Waals surface area contributed by atoms with Gasteiger partial charge in [0.1, 0.15) is 0 Å². The molecule has 1 aliphatic rings. The van der Waals surface area contributed by atoms with Crippen LogP contribution < -0.4 is 5.73 Å². The van der Waals surface area contributed by atoms with Crippen LogP contribution in [0.3, 0.4) is 0 Å². The second kappa shape index (κ2) is 3.73. The summed E-state index contributed by atoms with van der Waals surface area (Å²) in [6.45, 7) is 4.29. The number of nitrogens with two attached hydrogens (primary N) is 1. The average Bonchev–Trinajstić information content (AvgIpc) is 2.60. The number of nitrogens with one attached hydrogen (secondary N) is 1. The smallest absolute Gasteiger partial charge is 0.0826 e. The molecule has 0 bridgehead atoms. The Morgan fingerprint density at radius 1 is 1.29 bits per heavy atom. The Bertz CT molecular complexity index is 314. The second-order valence-corrected chi connectivity index (χ2v) is 4.54. The van der Waals surface area contributed by atoms with Gasteiger partial charge in [-0.25, -0.2) is 0 Å². The molecule has 0 unspecified atom stereocenters. The lowest BCUT2D eigenvalue weighted by atomic mass is 9.91. The van der Waals surface area contributed by atoms with Gasteiger partial charge in [0.05, 0.1) is 11.7 Å². The predicted molar refractivity (Wildman–Crippen MR) is 57.0 cm³/mol. The second-order valence-electron chi connectivity index (χ2n) is 4.54. The highest BCUT2D eigenvalue weighted by molar-refractivity contribution is 5.29. The van der Waals surface area contributed by atoms with Crippen LogP contribution in [0.1, 0.15) is 49.7 Å². The van der Waals surface area contributed by atoms with E-state index in [1.807, 2.05) is 0 Å². The van der Waals surface area contributed by atoms with E-state index in [0.717, 1.165) is 18.5 Å². The normalized spacial score (nSPS) is 18.3. The average molecular weight is 193 g/mol. The molecule has 1 heterocycles. The van der Waals surface area contributed by atoms with E-state index < -0.39 is 0 Å². The number of fused-ring (bicyclic) bond motifs is 1. The first kappa shape index (κ1) is 9.71. The van der Waals surface area contributed by atoms with Gasteiger partial charge < -0.3 is 5.73 Å². The molecule has 1 aromatic rings. The number of H-pyrrole nitrogens is 1. The number of aryl methyl sites for hydroxylation is 1. The summed E-state index contributed by atoms with van der Waals surface area (Å²) in [6, 6.07) is 0.0908. The van der Waals surface area contributed by atoms with Crippen molar-refractivity contribution in [1.29, 1.82) is 0 Å². The van der Waals surface area contributed by atoms with Crippen LogP contribution in [0.2, 0.25) is 0 Å². The van der Waals surface area contributed by atoms with Gasteiger partial charge >= 0.3 is 0 Å². The van der Waals surface area contributed by atoms with Crippen molar-refractivity contribution in [3.8, 4) is 0 Å². The zero-order chi connectivity index (χ0) is 10.1. The highest BCUT2D eigenvalue weighted by Crippen LogP contribution is 2.27. The van der Waals surface area contributed by atoms with E-state index in [9.17, 15) is 0 Å². The summed E-state index contributed by atoms with van der Waals surface area (Å²) in [5, 5.41) is 7.50. The highest BCUT2D eigenvalue weighted by Gasteiger charge is 2.22. The standard InChI is InChI=1S/C11H19N3/c1-7(2)10(12)11-8-5-3-4-6-9(8)13-14-11/h7,10H,3-6,12H2,1-2H3,(H,13,14)/t10-/m0/s1. The Balaban J connectivity index is 2.30. The third-order valence-corrected chi connectivity index (χ3v) is 3.12. The van der Waals surface area contributed by atoms with Crippen molar-refractivity contribution in [1.82, 2.24) is 10.2 Å². The zero-order valence-electron chi connectivity index (χ0n) is 9.01. The van der Waals surface area contributed by atoms with Gasteiger partial charge in [0, 0.05) is 5.69 Å². The van der Waals surface area contributed by atoms with Crippen LogP contribution in [0.15, 0.2) is 0 Å². The Morgan fingerprint density at radius 3 is 2.71 bits per heavy atom. The van der Waals surface area contributed by atoms with Crippen LogP contribution in [0.4, 0.5) is 0 Å². The molecule has 2 rings (SSSR count). The Hall–Kier alpha value is -0.830. The van der Waals surface area contributed by atoms with Gasteiger partial charge in [-0.05, 0) is 37.2 Å². The van der Waals surface area contributed by atoms with Gasteiger partial charge in [0.2, 0.25) is 0 Å². The molecule has 3 nitrogen and oxygen atoms in total. The number of aromatic amines is 1. The number of rotatable bonds is 2. The molecule has 0 amide bonds. The third-order valence-electron chi connectivity index (χ3n) is 3.12. The topological polar surface area (TPSA) is 54.7 Å². The molecule has 0 saturated carbocycles. The van der Waals surface area contributed by atoms with E-state index in [1.165, 1.54) is 24.1 Å². The molecule has 3 heteroatoms. The first-order chi connectivity index (χ1) is 6.70. The minimum absolute atomic E-state index is 0.0908. The van der Waals surface area contributed by atoms with Crippen molar-refractivity contribution >= 4 is 0 Å². The first-order valence-electron chi connectivity index (χ1n) is 5.51. The summed E-state index contributed by atoms with van der Waals surface area (Å²) < 4.78 is 0. The Labute approximate surface area is 85.1 Å². The van der Waals surface area contributed by atoms with E-state index in [1.54, 1.807) is 0 Å². The van der Waals surface area contributed by atoms with Crippen LogP contribution in [0.25, 0.3) is 0 Å². The van der Waals surface area contributed by atoms with E-state index >= 15 is 0 Å². The van der Waals surface area contributed by atoms with Crippen molar-refractivity contribution < 1.29 is 0 Å². The molecule has 0 fully saturated rings. The Kier molecular flexibility index (Phi) is 2.59. The van der Waals surface area contributed by atoms with Crippen LogP contribution in [-0.4, -0.2) is 10.2 Å². The first-order valence-corrected chi connectivity index (χ1v) is 5.51. The fourth-order valence-corrected chi connectivity index (χ4v) is 2.10. The van der Waals surface area contributed by atoms with E-state index in [-0.39, 0.29) is 6.04 Å². The number of hydrogen-bond donors (Lipinski definition) is 2. The molecular weight excluding hydrogens is 174 g/mol. The molecule has 0 saturated heterocycles. The summed E-state index contributed by atoms with van der Waals surface area (Å²) in [7, 11) is 0. The summed E-state index contributed by atoms with van der Waals surface area (Å²) in [5.41, 5.74) is 9.95. The van der Waals surface area contributed by atoms with Crippen molar-refractivity contribution in [2.45, 2.75) is 45.6 Å². The van der Waals surface area contributed by atoms with Gasteiger partial charge in [0.15, 0.2) is 0 Å². The minimum atomic E-state index is 0.0908. The minimum Gasteiger partial charge on any atom is -0.322 e. The molecule has 0 radical (unpaired) electrons. The van der Waals surface area contributed by atoms with Crippen molar-refractivity contribution in [2.24, 2.45) is 11.7 Å². The lowest BCUT2D eigenvalue weighted by Gasteiger charge is -2.17. The molecule has 1 aliphatic carbocycles. The van der Waals surface area contributed by atoms with Crippen molar-refractivity contribution in [3.05, 3.63) is 17.0 Å². The predicted octanol–water partition coefficient (Wildman–Crippen LogP) is 1.94. The summed E-state index contributed by atoms with van der Waals surface area (Å²) in [6.07, 6.45) is 4.87.